The molecule has 0 aliphatic heterocycles. The molecule has 0 aromatic carbocycles. The zero-order valence-corrected chi connectivity index (χ0v) is 9.87. The van der Waals surface area contributed by atoms with Gasteiger partial charge in [-0.1, -0.05) is 19.8 Å². The van der Waals surface area contributed by atoms with Gasteiger partial charge in [-0.2, -0.15) is 0 Å². The molecule has 3 unspecified atom stereocenters. The fourth-order valence-electron chi connectivity index (χ4n) is 2.51. The first-order valence-electron chi connectivity index (χ1n) is 5.99. The van der Waals surface area contributed by atoms with Crippen molar-refractivity contribution >= 4 is 0 Å². The molecule has 0 heterocycles. The minimum absolute atomic E-state index is 0.156. The molecule has 1 aliphatic carbocycles. The van der Waals surface area contributed by atoms with E-state index in [0.717, 1.165) is 24.9 Å². The van der Waals surface area contributed by atoms with Crippen molar-refractivity contribution in [3.8, 4) is 0 Å². The van der Waals surface area contributed by atoms with Crippen LogP contribution in [0.5, 0.6) is 0 Å². The zero-order valence-electron chi connectivity index (χ0n) is 9.87. The van der Waals surface area contributed by atoms with Gasteiger partial charge in [0.05, 0.1) is 6.10 Å². The average molecular weight is 199 g/mol. The first kappa shape index (κ1) is 12.0. The van der Waals surface area contributed by atoms with Gasteiger partial charge in [0.15, 0.2) is 0 Å². The summed E-state index contributed by atoms with van der Waals surface area (Å²) in [5.74, 6) is 0.836. The monoisotopic (exact) mass is 199 g/mol. The molecule has 0 aromatic heterocycles. The highest BCUT2D eigenvalue weighted by molar-refractivity contribution is 4.79. The van der Waals surface area contributed by atoms with Crippen molar-refractivity contribution in [2.24, 2.45) is 5.92 Å². The van der Waals surface area contributed by atoms with Crippen molar-refractivity contribution in [1.82, 2.24) is 4.90 Å². The lowest BCUT2D eigenvalue weighted by molar-refractivity contribution is 0.110. The van der Waals surface area contributed by atoms with Crippen LogP contribution in [0.3, 0.4) is 0 Å². The van der Waals surface area contributed by atoms with E-state index < -0.39 is 0 Å². The fourth-order valence-corrected chi connectivity index (χ4v) is 2.51. The molecule has 2 nitrogen and oxygen atoms in total. The van der Waals surface area contributed by atoms with Crippen molar-refractivity contribution in [2.75, 3.05) is 13.6 Å². The van der Waals surface area contributed by atoms with E-state index in [9.17, 15) is 5.11 Å². The first-order chi connectivity index (χ1) is 6.61. The largest absolute Gasteiger partial charge is 0.393 e. The van der Waals surface area contributed by atoms with Gasteiger partial charge in [-0.3, -0.25) is 0 Å². The van der Waals surface area contributed by atoms with E-state index in [1.807, 2.05) is 6.92 Å². The van der Waals surface area contributed by atoms with E-state index in [0.29, 0.717) is 0 Å². The molecular weight excluding hydrogens is 174 g/mol. The maximum Gasteiger partial charge on any atom is 0.0524 e. The summed E-state index contributed by atoms with van der Waals surface area (Å²) in [7, 11) is 2.20. The third-order valence-corrected chi connectivity index (χ3v) is 3.53. The van der Waals surface area contributed by atoms with Gasteiger partial charge >= 0.3 is 0 Å². The molecule has 0 saturated heterocycles. The summed E-state index contributed by atoms with van der Waals surface area (Å²) in [4.78, 5) is 2.44. The van der Waals surface area contributed by atoms with Crippen LogP contribution in [0.4, 0.5) is 0 Å². The summed E-state index contributed by atoms with van der Waals surface area (Å²) in [6, 6.07) is 0.752. The Kier molecular flexibility index (Phi) is 4.90. The number of hydrogen-bond acceptors (Lipinski definition) is 2. The third kappa shape index (κ3) is 3.58. The lowest BCUT2D eigenvalue weighted by atomic mass is 9.85. The molecule has 1 N–H and O–H groups in total. The van der Waals surface area contributed by atoms with Gasteiger partial charge in [0.1, 0.15) is 0 Å². The molecule has 84 valence electrons. The van der Waals surface area contributed by atoms with Crippen molar-refractivity contribution in [3.05, 3.63) is 0 Å². The van der Waals surface area contributed by atoms with Crippen LogP contribution >= 0.6 is 0 Å². The summed E-state index contributed by atoms with van der Waals surface area (Å²) in [5.41, 5.74) is 0. The lowest BCUT2D eigenvalue weighted by Crippen LogP contribution is -2.40. The lowest BCUT2D eigenvalue weighted by Gasteiger charge is -2.36. The van der Waals surface area contributed by atoms with E-state index in [4.69, 9.17) is 0 Å². The molecule has 3 atom stereocenters. The second-order valence-corrected chi connectivity index (χ2v) is 4.95. The molecule has 0 bridgehead atoms. The predicted molar refractivity (Wildman–Crippen MR) is 60.3 cm³/mol. The van der Waals surface area contributed by atoms with E-state index in [-0.39, 0.29) is 6.10 Å². The molecule has 1 rings (SSSR count). The van der Waals surface area contributed by atoms with Gasteiger partial charge in [-0.25, -0.2) is 0 Å². The quantitative estimate of drug-likeness (QED) is 0.751. The summed E-state index contributed by atoms with van der Waals surface area (Å²) < 4.78 is 0. The smallest absolute Gasteiger partial charge is 0.0524 e. The zero-order chi connectivity index (χ0) is 10.6. The summed E-state index contributed by atoms with van der Waals surface area (Å²) in [6.45, 7) is 5.27. The topological polar surface area (TPSA) is 23.5 Å². The summed E-state index contributed by atoms with van der Waals surface area (Å²) in [6.07, 6.45) is 6.26. The Hall–Kier alpha value is -0.0800. The van der Waals surface area contributed by atoms with Crippen LogP contribution in [0.15, 0.2) is 0 Å². The van der Waals surface area contributed by atoms with Gasteiger partial charge in [-0.15, -0.1) is 0 Å². The van der Waals surface area contributed by atoms with Gasteiger partial charge in [0, 0.05) is 12.6 Å². The second-order valence-electron chi connectivity index (χ2n) is 4.95. The Labute approximate surface area is 88.3 Å². The van der Waals surface area contributed by atoms with E-state index >= 15 is 0 Å². The standard InChI is InChI=1S/C12H25NO/c1-10-6-4-5-7-12(10)13(3)9-8-11(2)14/h10-12,14H,4-9H2,1-3H3. The molecule has 0 spiro atoms. The molecule has 0 radical (unpaired) electrons. The Balaban J connectivity index is 2.30. The van der Waals surface area contributed by atoms with Gasteiger partial charge in [0.25, 0.3) is 0 Å². The third-order valence-electron chi connectivity index (χ3n) is 3.53. The van der Waals surface area contributed by atoms with Crippen molar-refractivity contribution in [1.29, 1.82) is 0 Å². The van der Waals surface area contributed by atoms with Gasteiger partial charge < -0.3 is 10.0 Å². The minimum atomic E-state index is -0.156. The van der Waals surface area contributed by atoms with Crippen molar-refractivity contribution < 1.29 is 5.11 Å². The second kappa shape index (κ2) is 5.72. The average Bonchev–Trinajstić information content (AvgIpc) is 2.15. The first-order valence-corrected chi connectivity index (χ1v) is 5.99. The Morgan fingerprint density at radius 1 is 1.36 bits per heavy atom. The van der Waals surface area contributed by atoms with E-state index in [1.165, 1.54) is 25.7 Å². The van der Waals surface area contributed by atoms with Crippen LogP contribution in [0, 0.1) is 5.92 Å². The number of hydrogen-bond donors (Lipinski definition) is 1. The molecule has 2 heteroatoms. The van der Waals surface area contributed by atoms with Crippen LogP contribution in [0.25, 0.3) is 0 Å². The predicted octanol–water partition coefficient (Wildman–Crippen LogP) is 2.27. The molecule has 1 fully saturated rings. The molecule has 1 saturated carbocycles. The van der Waals surface area contributed by atoms with Crippen LogP contribution in [-0.4, -0.2) is 35.7 Å². The highest BCUT2D eigenvalue weighted by Gasteiger charge is 2.24. The molecule has 14 heavy (non-hydrogen) atoms. The normalized spacial score (nSPS) is 30.6. The van der Waals surface area contributed by atoms with Crippen LogP contribution < -0.4 is 0 Å². The maximum atomic E-state index is 9.24. The minimum Gasteiger partial charge on any atom is -0.393 e. The van der Waals surface area contributed by atoms with Crippen LogP contribution in [0.1, 0.15) is 46.0 Å². The summed E-state index contributed by atoms with van der Waals surface area (Å²) in [5, 5.41) is 9.24. The fraction of sp³-hybridized carbons (Fsp3) is 1.00. The SMILES string of the molecule is CC(O)CCN(C)C1CCCCC1C. The highest BCUT2D eigenvalue weighted by Crippen LogP contribution is 2.27. The van der Waals surface area contributed by atoms with E-state index in [1.54, 1.807) is 0 Å². The van der Waals surface area contributed by atoms with Gasteiger partial charge in [0.2, 0.25) is 0 Å². The number of nitrogens with zero attached hydrogens (tertiary/aromatic N) is 1. The Bertz CT molecular complexity index is 158. The maximum absolute atomic E-state index is 9.24. The number of aliphatic hydroxyl groups excluding tert-OH is 1. The molecule has 0 amide bonds. The van der Waals surface area contributed by atoms with Crippen LogP contribution in [-0.2, 0) is 0 Å². The summed E-state index contributed by atoms with van der Waals surface area (Å²) >= 11 is 0. The van der Waals surface area contributed by atoms with E-state index in [2.05, 4.69) is 18.9 Å². The molecule has 1 aliphatic rings. The molecule has 0 aromatic rings. The number of rotatable bonds is 4. The van der Waals surface area contributed by atoms with Crippen molar-refractivity contribution in [2.45, 2.75) is 58.1 Å². The number of aliphatic hydroxyl groups is 1. The van der Waals surface area contributed by atoms with Gasteiger partial charge in [-0.05, 0) is 39.2 Å². The Morgan fingerprint density at radius 2 is 2.00 bits per heavy atom. The molecular formula is C12H25NO. The van der Waals surface area contributed by atoms with Crippen molar-refractivity contribution in [3.63, 3.8) is 0 Å². The Morgan fingerprint density at radius 3 is 2.57 bits per heavy atom. The highest BCUT2D eigenvalue weighted by atomic mass is 16.3. The van der Waals surface area contributed by atoms with Crippen LogP contribution in [0.2, 0.25) is 0 Å².